The molecule has 1 rings (SSSR count). The number of carbonyl (C=O) groups is 1. The minimum absolute atomic E-state index is 0.330. The standard InChI is InChI=1S/C8H2ClF2NO/c9-8(13)4-1-2-6(10)7(11)5(4)3-12/h1-2H. The van der Waals surface area contributed by atoms with E-state index in [9.17, 15) is 13.6 Å². The predicted molar refractivity (Wildman–Crippen MR) is 41.3 cm³/mol. The normalized spacial score (nSPS) is 9.38. The second-order valence-corrected chi connectivity index (χ2v) is 2.51. The molecule has 0 fully saturated rings. The van der Waals surface area contributed by atoms with Gasteiger partial charge in [0, 0.05) is 0 Å². The molecule has 2 nitrogen and oxygen atoms in total. The molecule has 0 atom stereocenters. The molecule has 0 unspecified atom stereocenters. The van der Waals surface area contributed by atoms with E-state index in [1.807, 2.05) is 0 Å². The van der Waals surface area contributed by atoms with Crippen LogP contribution in [0.4, 0.5) is 8.78 Å². The Morgan fingerprint density at radius 2 is 2.08 bits per heavy atom. The number of nitriles is 1. The molecular weight excluding hydrogens is 200 g/mol. The Morgan fingerprint density at radius 3 is 2.54 bits per heavy atom. The summed E-state index contributed by atoms with van der Waals surface area (Å²) in [5.74, 6) is -2.53. The highest BCUT2D eigenvalue weighted by molar-refractivity contribution is 6.68. The zero-order valence-corrected chi connectivity index (χ0v) is 6.90. The Bertz CT molecular complexity index is 411. The number of nitrogens with zero attached hydrogens (tertiary/aromatic N) is 1. The van der Waals surface area contributed by atoms with Gasteiger partial charge in [-0.1, -0.05) is 0 Å². The van der Waals surface area contributed by atoms with Crippen molar-refractivity contribution in [3.8, 4) is 6.07 Å². The number of hydrogen-bond acceptors (Lipinski definition) is 2. The molecule has 0 heterocycles. The van der Waals surface area contributed by atoms with Crippen LogP contribution in [0.1, 0.15) is 15.9 Å². The van der Waals surface area contributed by atoms with Crippen molar-refractivity contribution in [1.29, 1.82) is 5.26 Å². The van der Waals surface area contributed by atoms with Crippen LogP contribution in [0.15, 0.2) is 12.1 Å². The van der Waals surface area contributed by atoms with Gasteiger partial charge in [-0.25, -0.2) is 8.78 Å². The van der Waals surface area contributed by atoms with Crippen molar-refractivity contribution in [3.05, 3.63) is 34.9 Å². The summed E-state index contributed by atoms with van der Waals surface area (Å²) < 4.78 is 25.3. The lowest BCUT2D eigenvalue weighted by Crippen LogP contribution is -1.99. The Morgan fingerprint density at radius 1 is 1.46 bits per heavy atom. The summed E-state index contributed by atoms with van der Waals surface area (Å²) in [6.07, 6.45) is 0. The van der Waals surface area contributed by atoms with Crippen molar-refractivity contribution >= 4 is 16.8 Å². The first kappa shape index (κ1) is 9.62. The summed E-state index contributed by atoms with van der Waals surface area (Å²) in [7, 11) is 0. The summed E-state index contributed by atoms with van der Waals surface area (Å²) in [5, 5.41) is 7.41. The minimum atomic E-state index is -1.35. The van der Waals surface area contributed by atoms with E-state index in [4.69, 9.17) is 16.9 Å². The smallest absolute Gasteiger partial charge is 0.253 e. The molecule has 0 amide bonds. The second-order valence-electron chi connectivity index (χ2n) is 2.17. The molecule has 0 N–H and O–H groups in total. The van der Waals surface area contributed by atoms with E-state index in [-0.39, 0.29) is 5.56 Å². The van der Waals surface area contributed by atoms with Gasteiger partial charge >= 0.3 is 0 Å². The fourth-order valence-electron chi connectivity index (χ4n) is 0.824. The summed E-state index contributed by atoms with van der Waals surface area (Å²) in [6, 6.07) is 3.07. The number of hydrogen-bond donors (Lipinski definition) is 0. The van der Waals surface area contributed by atoms with Gasteiger partial charge in [0.1, 0.15) is 11.6 Å². The molecule has 1 aromatic rings. The average Bonchev–Trinajstić information content (AvgIpc) is 2.09. The first-order valence-corrected chi connectivity index (χ1v) is 3.53. The molecule has 1 aromatic carbocycles. The molecule has 0 saturated carbocycles. The molecule has 0 saturated heterocycles. The van der Waals surface area contributed by atoms with E-state index in [1.165, 1.54) is 6.07 Å². The molecule has 5 heteroatoms. The first-order valence-electron chi connectivity index (χ1n) is 3.16. The Balaban J connectivity index is 3.50. The zero-order valence-electron chi connectivity index (χ0n) is 6.14. The van der Waals surface area contributed by atoms with Crippen LogP contribution in [-0.4, -0.2) is 5.24 Å². The summed E-state index contributed by atoms with van der Waals surface area (Å²) in [4.78, 5) is 10.6. The van der Waals surface area contributed by atoms with Crippen LogP contribution < -0.4 is 0 Å². The highest BCUT2D eigenvalue weighted by atomic mass is 35.5. The molecule has 0 aromatic heterocycles. The van der Waals surface area contributed by atoms with Gasteiger partial charge in [0.2, 0.25) is 0 Å². The number of carbonyl (C=O) groups excluding carboxylic acids is 1. The largest absolute Gasteiger partial charge is 0.276 e. The molecule has 0 radical (unpaired) electrons. The highest BCUT2D eigenvalue weighted by Crippen LogP contribution is 2.17. The van der Waals surface area contributed by atoms with Gasteiger partial charge in [-0.15, -0.1) is 0 Å². The molecule has 0 spiro atoms. The van der Waals surface area contributed by atoms with Crippen molar-refractivity contribution in [2.75, 3.05) is 0 Å². The second kappa shape index (κ2) is 3.50. The van der Waals surface area contributed by atoms with E-state index in [0.717, 1.165) is 12.1 Å². The first-order chi connectivity index (χ1) is 6.07. The third-order valence-electron chi connectivity index (χ3n) is 1.42. The fraction of sp³-hybridized carbons (Fsp3) is 0. The minimum Gasteiger partial charge on any atom is -0.276 e. The average molecular weight is 202 g/mol. The Kier molecular flexibility index (Phi) is 2.59. The van der Waals surface area contributed by atoms with Gasteiger partial charge in [-0.3, -0.25) is 4.79 Å². The fourth-order valence-corrected chi connectivity index (χ4v) is 0.981. The van der Waals surface area contributed by atoms with Crippen LogP contribution in [0.5, 0.6) is 0 Å². The third kappa shape index (κ3) is 1.65. The van der Waals surface area contributed by atoms with Gasteiger partial charge in [-0.05, 0) is 23.7 Å². The number of halogens is 3. The molecular formula is C8H2ClF2NO. The van der Waals surface area contributed by atoms with Crippen molar-refractivity contribution < 1.29 is 13.6 Å². The lowest BCUT2D eigenvalue weighted by molar-refractivity contribution is 0.108. The maximum atomic E-state index is 12.8. The van der Waals surface area contributed by atoms with E-state index < -0.39 is 22.4 Å². The van der Waals surface area contributed by atoms with E-state index in [1.54, 1.807) is 0 Å². The van der Waals surface area contributed by atoms with Crippen LogP contribution in [0.3, 0.4) is 0 Å². The van der Waals surface area contributed by atoms with Crippen molar-refractivity contribution in [2.24, 2.45) is 0 Å². The van der Waals surface area contributed by atoms with Gasteiger partial charge in [0.15, 0.2) is 11.6 Å². The monoisotopic (exact) mass is 201 g/mol. The SMILES string of the molecule is N#Cc1c(C(=O)Cl)ccc(F)c1F. The molecule has 0 aliphatic heterocycles. The molecule has 66 valence electrons. The van der Waals surface area contributed by atoms with E-state index >= 15 is 0 Å². The van der Waals surface area contributed by atoms with Gasteiger partial charge in [0.05, 0.1) is 5.56 Å². The van der Waals surface area contributed by atoms with E-state index in [2.05, 4.69) is 0 Å². The van der Waals surface area contributed by atoms with Crippen molar-refractivity contribution in [3.63, 3.8) is 0 Å². The van der Waals surface area contributed by atoms with Crippen molar-refractivity contribution in [2.45, 2.75) is 0 Å². The number of rotatable bonds is 1. The maximum Gasteiger partial charge on any atom is 0.253 e. The summed E-state index contributed by atoms with van der Waals surface area (Å²) >= 11 is 5.03. The topological polar surface area (TPSA) is 40.9 Å². The molecule has 0 aliphatic rings. The third-order valence-corrected chi connectivity index (χ3v) is 1.62. The van der Waals surface area contributed by atoms with Crippen LogP contribution in [0, 0.1) is 23.0 Å². The van der Waals surface area contributed by atoms with Gasteiger partial charge in [0.25, 0.3) is 5.24 Å². The van der Waals surface area contributed by atoms with Gasteiger partial charge < -0.3 is 0 Å². The predicted octanol–water partition coefficient (Wildman–Crippen LogP) is 2.22. The molecule has 13 heavy (non-hydrogen) atoms. The Labute approximate surface area is 77.3 Å². The van der Waals surface area contributed by atoms with Crippen LogP contribution >= 0.6 is 11.6 Å². The summed E-state index contributed by atoms with van der Waals surface area (Å²) in [5.41, 5.74) is -0.997. The highest BCUT2D eigenvalue weighted by Gasteiger charge is 2.16. The Hall–Kier alpha value is -1.47. The maximum absolute atomic E-state index is 12.8. The van der Waals surface area contributed by atoms with Crippen molar-refractivity contribution in [1.82, 2.24) is 0 Å². The summed E-state index contributed by atoms with van der Waals surface area (Å²) in [6.45, 7) is 0. The lowest BCUT2D eigenvalue weighted by Gasteiger charge is -1.99. The quantitative estimate of drug-likeness (QED) is 0.654. The lowest BCUT2D eigenvalue weighted by atomic mass is 10.1. The zero-order chi connectivity index (χ0) is 10.0. The van der Waals surface area contributed by atoms with Crippen LogP contribution in [0.25, 0.3) is 0 Å². The van der Waals surface area contributed by atoms with Gasteiger partial charge in [-0.2, -0.15) is 5.26 Å². The van der Waals surface area contributed by atoms with Crippen LogP contribution in [-0.2, 0) is 0 Å². The molecule has 0 bridgehead atoms. The molecule has 0 aliphatic carbocycles. The van der Waals surface area contributed by atoms with E-state index in [0.29, 0.717) is 0 Å². The van der Waals surface area contributed by atoms with Crippen LogP contribution in [0.2, 0.25) is 0 Å². The number of benzene rings is 1.